The zero-order chi connectivity index (χ0) is 13.9. The molecule has 0 spiro atoms. The zero-order valence-corrected chi connectivity index (χ0v) is 10.9. The van der Waals surface area contributed by atoms with Crippen LogP contribution in [0.25, 0.3) is 0 Å². The second-order valence-electron chi connectivity index (χ2n) is 4.90. The molecule has 3 nitrogen and oxygen atoms in total. The summed E-state index contributed by atoms with van der Waals surface area (Å²) in [5, 5.41) is 6.02. The van der Waals surface area contributed by atoms with E-state index in [2.05, 4.69) is 10.6 Å². The minimum Gasteiger partial charge on any atom is -0.350 e. The molecule has 2 N–H and O–H groups in total. The molecule has 2 rings (SSSR count). The largest absolute Gasteiger partial charge is 0.350 e. The van der Waals surface area contributed by atoms with Crippen LogP contribution in [0.15, 0.2) is 18.2 Å². The first-order valence-electron chi connectivity index (χ1n) is 6.54. The Balaban J connectivity index is 1.98. The quantitative estimate of drug-likeness (QED) is 0.878. The normalized spacial score (nSPS) is 22.5. The number of hydrogen-bond acceptors (Lipinski definition) is 2. The lowest BCUT2D eigenvalue weighted by molar-refractivity contribution is -0.127. The Labute approximate surface area is 111 Å². The highest BCUT2D eigenvalue weighted by Crippen LogP contribution is 2.23. The molecular formula is C14H18F2N2O. The Kier molecular flexibility index (Phi) is 4.14. The first-order chi connectivity index (χ1) is 9.07. The Morgan fingerprint density at radius 3 is 2.79 bits per heavy atom. The molecule has 1 amide bonds. The summed E-state index contributed by atoms with van der Waals surface area (Å²) in [5.74, 6) is -1.84. The third kappa shape index (κ3) is 2.92. The van der Waals surface area contributed by atoms with Gasteiger partial charge in [-0.05, 0) is 43.5 Å². The molecule has 5 heteroatoms. The smallest absolute Gasteiger partial charge is 0.240 e. The number of nitrogens with one attached hydrogen (secondary N) is 2. The van der Waals surface area contributed by atoms with E-state index in [1.807, 2.05) is 6.92 Å². The van der Waals surface area contributed by atoms with E-state index in [4.69, 9.17) is 0 Å². The fraction of sp³-hybridized carbons (Fsp3) is 0.500. The van der Waals surface area contributed by atoms with Crippen molar-refractivity contribution in [2.24, 2.45) is 0 Å². The van der Waals surface area contributed by atoms with Gasteiger partial charge >= 0.3 is 0 Å². The summed E-state index contributed by atoms with van der Waals surface area (Å²) in [6, 6.07) is 3.65. The second kappa shape index (κ2) is 5.65. The number of benzene rings is 1. The molecule has 19 heavy (non-hydrogen) atoms. The molecule has 0 aromatic heterocycles. The van der Waals surface area contributed by atoms with Gasteiger partial charge in [-0.3, -0.25) is 4.79 Å². The van der Waals surface area contributed by atoms with Crippen LogP contribution < -0.4 is 10.6 Å². The molecule has 0 radical (unpaired) electrons. The van der Waals surface area contributed by atoms with Crippen LogP contribution in [0.4, 0.5) is 8.78 Å². The average Bonchev–Trinajstić information content (AvgIpc) is 2.90. The number of carbonyl (C=O) groups is 1. The van der Waals surface area contributed by atoms with E-state index in [-0.39, 0.29) is 12.5 Å². The summed E-state index contributed by atoms with van der Waals surface area (Å²) in [5.41, 5.74) is 0.0509. The number of rotatable bonds is 4. The molecule has 1 aromatic rings. The molecule has 1 fully saturated rings. The summed E-state index contributed by atoms with van der Waals surface area (Å²) < 4.78 is 25.8. The zero-order valence-electron chi connectivity index (χ0n) is 10.9. The third-order valence-electron chi connectivity index (χ3n) is 3.72. The Hall–Kier alpha value is -1.49. The van der Waals surface area contributed by atoms with Gasteiger partial charge in [0.25, 0.3) is 0 Å². The van der Waals surface area contributed by atoms with E-state index in [9.17, 15) is 13.6 Å². The van der Waals surface area contributed by atoms with E-state index in [1.54, 1.807) is 0 Å². The standard InChI is InChI=1S/C14H18F2N2O/c1-2-14(6-3-7-18-14)13(19)17-9-10-4-5-11(15)12(16)8-10/h4-5,8,18H,2-3,6-7,9H2,1H3,(H,17,19). The van der Waals surface area contributed by atoms with Crippen LogP contribution in [-0.2, 0) is 11.3 Å². The van der Waals surface area contributed by atoms with Crippen LogP contribution in [0, 0.1) is 11.6 Å². The highest BCUT2D eigenvalue weighted by atomic mass is 19.2. The first kappa shape index (κ1) is 13.9. The van der Waals surface area contributed by atoms with Gasteiger partial charge in [0.2, 0.25) is 5.91 Å². The molecule has 1 heterocycles. The number of amides is 1. The van der Waals surface area contributed by atoms with Gasteiger partial charge in [-0.1, -0.05) is 13.0 Å². The predicted molar refractivity (Wildman–Crippen MR) is 68.5 cm³/mol. The number of carbonyl (C=O) groups excluding carboxylic acids is 1. The van der Waals surface area contributed by atoms with Gasteiger partial charge in [0.05, 0.1) is 5.54 Å². The highest BCUT2D eigenvalue weighted by molar-refractivity contribution is 5.86. The third-order valence-corrected chi connectivity index (χ3v) is 3.72. The van der Waals surface area contributed by atoms with Gasteiger partial charge in [0.1, 0.15) is 0 Å². The Morgan fingerprint density at radius 2 is 2.21 bits per heavy atom. The van der Waals surface area contributed by atoms with Crippen LogP contribution in [0.3, 0.4) is 0 Å². The van der Waals surface area contributed by atoms with Crippen molar-refractivity contribution < 1.29 is 13.6 Å². The van der Waals surface area contributed by atoms with Crippen molar-refractivity contribution in [3.63, 3.8) is 0 Å². The second-order valence-corrected chi connectivity index (χ2v) is 4.90. The maximum atomic E-state index is 13.0. The molecule has 1 aliphatic rings. The molecule has 104 valence electrons. The number of hydrogen-bond donors (Lipinski definition) is 2. The molecule has 1 aromatic carbocycles. The number of halogens is 2. The lowest BCUT2D eigenvalue weighted by Crippen LogP contribution is -2.52. The summed E-state index contributed by atoms with van der Waals surface area (Å²) in [4.78, 5) is 12.2. The lowest BCUT2D eigenvalue weighted by atomic mass is 9.93. The summed E-state index contributed by atoms with van der Waals surface area (Å²) >= 11 is 0. The first-order valence-corrected chi connectivity index (χ1v) is 6.54. The molecular weight excluding hydrogens is 250 g/mol. The summed E-state index contributed by atoms with van der Waals surface area (Å²) in [7, 11) is 0. The van der Waals surface area contributed by atoms with E-state index in [0.29, 0.717) is 5.56 Å². The van der Waals surface area contributed by atoms with Crippen molar-refractivity contribution in [1.29, 1.82) is 0 Å². The molecule has 1 unspecified atom stereocenters. The molecule has 1 atom stereocenters. The Morgan fingerprint density at radius 1 is 1.42 bits per heavy atom. The van der Waals surface area contributed by atoms with Crippen LogP contribution >= 0.6 is 0 Å². The maximum absolute atomic E-state index is 13.0. The molecule has 1 saturated heterocycles. The van der Waals surface area contributed by atoms with Crippen molar-refractivity contribution in [1.82, 2.24) is 10.6 Å². The minimum atomic E-state index is -0.893. The molecule has 1 aliphatic heterocycles. The molecule has 0 aliphatic carbocycles. The lowest BCUT2D eigenvalue weighted by Gasteiger charge is -2.26. The predicted octanol–water partition coefficient (Wildman–Crippen LogP) is 2.11. The van der Waals surface area contributed by atoms with Crippen LogP contribution in [0.1, 0.15) is 31.7 Å². The van der Waals surface area contributed by atoms with E-state index < -0.39 is 17.2 Å². The van der Waals surface area contributed by atoms with E-state index in [1.165, 1.54) is 6.07 Å². The van der Waals surface area contributed by atoms with Crippen molar-refractivity contribution in [2.45, 2.75) is 38.3 Å². The van der Waals surface area contributed by atoms with Crippen LogP contribution in [0.5, 0.6) is 0 Å². The van der Waals surface area contributed by atoms with Gasteiger partial charge in [-0.25, -0.2) is 8.78 Å². The van der Waals surface area contributed by atoms with Crippen molar-refractivity contribution >= 4 is 5.91 Å². The van der Waals surface area contributed by atoms with Gasteiger partial charge in [-0.15, -0.1) is 0 Å². The van der Waals surface area contributed by atoms with Gasteiger partial charge in [0, 0.05) is 6.54 Å². The van der Waals surface area contributed by atoms with E-state index in [0.717, 1.165) is 37.9 Å². The van der Waals surface area contributed by atoms with Gasteiger partial charge < -0.3 is 10.6 Å². The SMILES string of the molecule is CCC1(C(=O)NCc2ccc(F)c(F)c2)CCCN1. The maximum Gasteiger partial charge on any atom is 0.240 e. The fourth-order valence-corrected chi connectivity index (χ4v) is 2.46. The Bertz CT molecular complexity index is 471. The average molecular weight is 268 g/mol. The minimum absolute atomic E-state index is 0.0720. The van der Waals surface area contributed by atoms with Gasteiger partial charge in [0.15, 0.2) is 11.6 Å². The van der Waals surface area contributed by atoms with Gasteiger partial charge in [-0.2, -0.15) is 0 Å². The van der Waals surface area contributed by atoms with E-state index >= 15 is 0 Å². The summed E-state index contributed by atoms with van der Waals surface area (Å²) in [6.45, 7) is 3.02. The monoisotopic (exact) mass is 268 g/mol. The van der Waals surface area contributed by atoms with Crippen molar-refractivity contribution in [3.8, 4) is 0 Å². The molecule has 0 saturated carbocycles. The summed E-state index contributed by atoms with van der Waals surface area (Å²) in [6.07, 6.45) is 2.51. The molecule has 0 bridgehead atoms. The van der Waals surface area contributed by atoms with Crippen molar-refractivity contribution in [2.75, 3.05) is 6.54 Å². The van der Waals surface area contributed by atoms with Crippen LogP contribution in [0.2, 0.25) is 0 Å². The highest BCUT2D eigenvalue weighted by Gasteiger charge is 2.38. The fourth-order valence-electron chi connectivity index (χ4n) is 2.46. The topological polar surface area (TPSA) is 41.1 Å². The van der Waals surface area contributed by atoms with Crippen LogP contribution in [-0.4, -0.2) is 18.0 Å². The van der Waals surface area contributed by atoms with Crippen molar-refractivity contribution in [3.05, 3.63) is 35.4 Å².